The van der Waals surface area contributed by atoms with Gasteiger partial charge in [0.25, 0.3) is 0 Å². The fourth-order valence-corrected chi connectivity index (χ4v) is 3.72. The van der Waals surface area contributed by atoms with Gasteiger partial charge in [0.1, 0.15) is 5.82 Å². The van der Waals surface area contributed by atoms with Crippen LogP contribution in [0.2, 0.25) is 0 Å². The second kappa shape index (κ2) is 6.43. The van der Waals surface area contributed by atoms with Crippen LogP contribution < -0.4 is 9.47 Å². The molecule has 1 aromatic heterocycles. The molecule has 2 heterocycles. The van der Waals surface area contributed by atoms with Crippen LogP contribution in [-0.2, 0) is 6.42 Å². The van der Waals surface area contributed by atoms with Gasteiger partial charge in [0.15, 0.2) is 11.5 Å². The van der Waals surface area contributed by atoms with E-state index in [2.05, 4.69) is 42.7 Å². The molecule has 0 radical (unpaired) electrons. The van der Waals surface area contributed by atoms with Crippen LogP contribution in [0.4, 0.5) is 0 Å². The zero-order valence-electron chi connectivity index (χ0n) is 15.1. The van der Waals surface area contributed by atoms with Gasteiger partial charge in [-0.15, -0.1) is 0 Å². The number of imidazole rings is 1. The summed E-state index contributed by atoms with van der Waals surface area (Å²) in [5.74, 6) is 2.73. The molecule has 0 fully saturated rings. The van der Waals surface area contributed by atoms with Gasteiger partial charge in [0, 0.05) is 17.2 Å². The number of fused-ring (bicyclic) bond motifs is 5. The molecule has 25 heavy (non-hydrogen) atoms. The molecule has 1 unspecified atom stereocenters. The Kier molecular flexibility index (Phi) is 4.12. The third-order valence-electron chi connectivity index (χ3n) is 4.97. The number of nitrogens with zero attached hydrogens (tertiary/aromatic N) is 2. The molecule has 4 nitrogen and oxygen atoms in total. The van der Waals surface area contributed by atoms with Crippen molar-refractivity contribution in [1.29, 1.82) is 0 Å². The summed E-state index contributed by atoms with van der Waals surface area (Å²) < 4.78 is 14.1. The van der Waals surface area contributed by atoms with E-state index in [1.807, 2.05) is 12.1 Å². The normalized spacial score (nSPS) is 15.7. The Morgan fingerprint density at radius 3 is 2.84 bits per heavy atom. The van der Waals surface area contributed by atoms with Gasteiger partial charge >= 0.3 is 0 Å². The van der Waals surface area contributed by atoms with Crippen molar-refractivity contribution in [3.63, 3.8) is 0 Å². The minimum absolute atomic E-state index is 0.329. The number of hydrogen-bond donors (Lipinski definition) is 0. The van der Waals surface area contributed by atoms with Crippen LogP contribution in [0, 0.1) is 0 Å². The number of hydrogen-bond acceptors (Lipinski definition) is 3. The molecule has 130 valence electrons. The number of aromatic nitrogens is 2. The highest BCUT2D eigenvalue weighted by molar-refractivity contribution is 5.83. The SMILES string of the molecule is CCCCOc1c(OC)ccc2c1CC(C)n1c-2nc2ccccc21. The maximum absolute atomic E-state index is 6.14. The number of rotatable bonds is 5. The van der Waals surface area contributed by atoms with Crippen LogP contribution in [0.1, 0.15) is 38.3 Å². The maximum Gasteiger partial charge on any atom is 0.165 e. The molecule has 0 N–H and O–H groups in total. The van der Waals surface area contributed by atoms with E-state index in [0.717, 1.165) is 47.7 Å². The predicted octanol–water partition coefficient (Wildman–Crippen LogP) is 5.01. The van der Waals surface area contributed by atoms with E-state index in [9.17, 15) is 0 Å². The van der Waals surface area contributed by atoms with E-state index in [0.29, 0.717) is 12.6 Å². The molecular weight excluding hydrogens is 312 g/mol. The molecule has 1 aliphatic rings. The summed E-state index contributed by atoms with van der Waals surface area (Å²) >= 11 is 0. The molecule has 3 aromatic rings. The lowest BCUT2D eigenvalue weighted by molar-refractivity contribution is 0.283. The van der Waals surface area contributed by atoms with Crippen molar-refractivity contribution in [1.82, 2.24) is 9.55 Å². The van der Waals surface area contributed by atoms with Gasteiger partial charge in [0.2, 0.25) is 0 Å². The van der Waals surface area contributed by atoms with Crippen molar-refractivity contribution in [2.75, 3.05) is 13.7 Å². The van der Waals surface area contributed by atoms with Crippen molar-refractivity contribution in [2.24, 2.45) is 0 Å². The van der Waals surface area contributed by atoms with E-state index in [1.54, 1.807) is 7.11 Å². The summed E-state index contributed by atoms with van der Waals surface area (Å²) in [4.78, 5) is 4.90. The lowest BCUT2D eigenvalue weighted by Gasteiger charge is -2.27. The molecule has 2 aromatic carbocycles. The van der Waals surface area contributed by atoms with Gasteiger partial charge in [-0.3, -0.25) is 0 Å². The zero-order chi connectivity index (χ0) is 17.4. The molecule has 0 saturated carbocycles. The second-order valence-electron chi connectivity index (χ2n) is 6.67. The molecule has 0 amide bonds. The first kappa shape index (κ1) is 16.0. The van der Waals surface area contributed by atoms with E-state index in [1.165, 1.54) is 11.1 Å². The lowest BCUT2D eigenvalue weighted by atomic mass is 9.94. The van der Waals surface area contributed by atoms with E-state index >= 15 is 0 Å². The molecular formula is C21H24N2O2. The Hall–Kier alpha value is -2.49. The van der Waals surface area contributed by atoms with Crippen LogP contribution in [0.5, 0.6) is 11.5 Å². The van der Waals surface area contributed by atoms with Gasteiger partial charge in [-0.25, -0.2) is 4.98 Å². The van der Waals surface area contributed by atoms with E-state index < -0.39 is 0 Å². The van der Waals surface area contributed by atoms with E-state index in [4.69, 9.17) is 14.5 Å². The van der Waals surface area contributed by atoms with Crippen molar-refractivity contribution in [3.05, 3.63) is 42.0 Å². The monoisotopic (exact) mass is 336 g/mol. The molecule has 0 saturated heterocycles. The fourth-order valence-electron chi connectivity index (χ4n) is 3.72. The third-order valence-corrected chi connectivity index (χ3v) is 4.97. The Morgan fingerprint density at radius 1 is 1.20 bits per heavy atom. The van der Waals surface area contributed by atoms with Gasteiger partial charge in [0.05, 0.1) is 24.8 Å². The number of methoxy groups -OCH3 is 1. The van der Waals surface area contributed by atoms with E-state index in [-0.39, 0.29) is 0 Å². The summed E-state index contributed by atoms with van der Waals surface area (Å²) in [7, 11) is 1.70. The second-order valence-corrected chi connectivity index (χ2v) is 6.67. The molecule has 0 spiro atoms. The van der Waals surface area contributed by atoms with Crippen LogP contribution >= 0.6 is 0 Å². The maximum atomic E-state index is 6.14. The first-order chi connectivity index (χ1) is 12.2. The first-order valence-corrected chi connectivity index (χ1v) is 9.04. The molecule has 1 aliphatic heterocycles. The highest BCUT2D eigenvalue weighted by atomic mass is 16.5. The quantitative estimate of drug-likeness (QED) is 0.615. The number of para-hydroxylation sites is 2. The standard InChI is InChI=1S/C21H24N2O2/c1-4-5-12-25-20-16-13-14(2)23-18-9-7-6-8-17(18)22-21(23)15(16)10-11-19(20)24-3/h6-11,14H,4-5,12-13H2,1-3H3. The van der Waals surface area contributed by atoms with Gasteiger partial charge in [-0.1, -0.05) is 25.5 Å². The van der Waals surface area contributed by atoms with Gasteiger partial charge in [-0.2, -0.15) is 0 Å². The highest BCUT2D eigenvalue weighted by Gasteiger charge is 2.29. The van der Waals surface area contributed by atoms with Crippen LogP contribution in [-0.4, -0.2) is 23.3 Å². The Morgan fingerprint density at radius 2 is 2.04 bits per heavy atom. The summed E-state index contributed by atoms with van der Waals surface area (Å²) in [6.45, 7) is 5.13. The minimum Gasteiger partial charge on any atom is -0.493 e. The average molecular weight is 336 g/mol. The lowest BCUT2D eigenvalue weighted by Crippen LogP contribution is -2.17. The third kappa shape index (κ3) is 2.56. The molecule has 0 bridgehead atoms. The van der Waals surface area contributed by atoms with Crippen LogP contribution in [0.15, 0.2) is 36.4 Å². The molecule has 1 atom stereocenters. The Balaban J connectivity index is 1.89. The van der Waals surface area contributed by atoms with Crippen LogP contribution in [0.3, 0.4) is 0 Å². The summed E-state index contributed by atoms with van der Waals surface area (Å²) in [6.07, 6.45) is 3.08. The zero-order valence-corrected chi connectivity index (χ0v) is 15.1. The number of benzene rings is 2. The van der Waals surface area contributed by atoms with Gasteiger partial charge < -0.3 is 14.0 Å². The summed E-state index contributed by atoms with van der Waals surface area (Å²) in [6, 6.07) is 12.8. The van der Waals surface area contributed by atoms with Crippen molar-refractivity contribution >= 4 is 11.0 Å². The molecule has 4 heteroatoms. The number of unbranched alkanes of at least 4 members (excludes halogenated alkanes) is 1. The topological polar surface area (TPSA) is 36.3 Å². The van der Waals surface area contributed by atoms with Crippen molar-refractivity contribution < 1.29 is 9.47 Å². The highest BCUT2D eigenvalue weighted by Crippen LogP contribution is 2.44. The fraction of sp³-hybridized carbons (Fsp3) is 0.381. The predicted molar refractivity (Wildman–Crippen MR) is 101 cm³/mol. The first-order valence-electron chi connectivity index (χ1n) is 9.04. The molecule has 4 rings (SSSR count). The van der Waals surface area contributed by atoms with Gasteiger partial charge in [-0.05, 0) is 44.0 Å². The average Bonchev–Trinajstić information content (AvgIpc) is 3.02. The minimum atomic E-state index is 0.329. The largest absolute Gasteiger partial charge is 0.493 e. The van der Waals surface area contributed by atoms with Crippen molar-refractivity contribution in [3.8, 4) is 22.9 Å². The summed E-state index contributed by atoms with van der Waals surface area (Å²) in [5, 5.41) is 0. The Labute approximate surface area is 148 Å². The Bertz CT molecular complexity index is 914. The van der Waals surface area contributed by atoms with Crippen molar-refractivity contribution in [2.45, 2.75) is 39.2 Å². The summed E-state index contributed by atoms with van der Waals surface area (Å²) in [5.41, 5.74) is 4.61. The number of ether oxygens (including phenoxy) is 2. The van der Waals surface area contributed by atoms with Crippen LogP contribution in [0.25, 0.3) is 22.4 Å². The smallest absolute Gasteiger partial charge is 0.165 e. The molecule has 0 aliphatic carbocycles.